The normalized spacial score (nSPS) is 10.6. The minimum Gasteiger partial charge on any atom is -0.495 e. The van der Waals surface area contributed by atoms with Crippen LogP contribution in [-0.2, 0) is 0 Å². The van der Waals surface area contributed by atoms with Crippen LogP contribution in [0.15, 0.2) is 21.3 Å². The van der Waals surface area contributed by atoms with E-state index in [4.69, 9.17) is 20.8 Å². The molecule has 0 fully saturated rings. The summed E-state index contributed by atoms with van der Waals surface area (Å²) in [4.78, 5) is 15.5. The number of fused-ring (bicyclic) bond motifs is 1. The van der Waals surface area contributed by atoms with Crippen LogP contribution in [0.4, 0.5) is 0 Å². The molecular formula is C10H8ClNO3. The Kier molecular flexibility index (Phi) is 2.36. The molecule has 5 heteroatoms. The maximum Gasteiger partial charge on any atom is 0.346 e. The highest BCUT2D eigenvalue weighted by Crippen LogP contribution is 2.27. The van der Waals surface area contributed by atoms with Gasteiger partial charge in [0, 0.05) is 13.0 Å². The van der Waals surface area contributed by atoms with Crippen LogP contribution in [0.3, 0.4) is 0 Å². The van der Waals surface area contributed by atoms with Crippen LogP contribution in [0.5, 0.6) is 5.75 Å². The fourth-order valence-electron chi connectivity index (χ4n) is 1.34. The maximum atomic E-state index is 11.4. The van der Waals surface area contributed by atoms with Gasteiger partial charge in [-0.2, -0.15) is 0 Å². The topological polar surface area (TPSA) is 52.3 Å². The van der Waals surface area contributed by atoms with E-state index in [1.165, 1.54) is 13.2 Å². The van der Waals surface area contributed by atoms with Gasteiger partial charge in [-0.1, -0.05) is 11.6 Å². The zero-order valence-corrected chi connectivity index (χ0v) is 8.96. The molecule has 0 spiro atoms. The Labute approximate surface area is 90.4 Å². The molecule has 15 heavy (non-hydrogen) atoms. The van der Waals surface area contributed by atoms with Gasteiger partial charge in [-0.15, -0.1) is 0 Å². The average molecular weight is 226 g/mol. The van der Waals surface area contributed by atoms with Crippen molar-refractivity contribution < 1.29 is 9.15 Å². The number of ether oxygens (including phenoxy) is 1. The van der Waals surface area contributed by atoms with Crippen LogP contribution in [0.2, 0.25) is 5.02 Å². The van der Waals surface area contributed by atoms with Crippen LogP contribution in [-0.4, -0.2) is 12.1 Å². The first-order chi connectivity index (χ1) is 7.11. The Morgan fingerprint density at radius 3 is 2.87 bits per heavy atom. The van der Waals surface area contributed by atoms with E-state index in [2.05, 4.69) is 4.98 Å². The number of methoxy groups -OCH3 is 1. The van der Waals surface area contributed by atoms with Gasteiger partial charge in [0.2, 0.25) is 0 Å². The molecule has 0 amide bonds. The lowest BCUT2D eigenvalue weighted by molar-refractivity contribution is 0.415. The second-order valence-corrected chi connectivity index (χ2v) is 3.43. The first-order valence-electron chi connectivity index (χ1n) is 4.27. The lowest BCUT2D eigenvalue weighted by Crippen LogP contribution is -2.03. The van der Waals surface area contributed by atoms with E-state index < -0.39 is 5.63 Å². The highest BCUT2D eigenvalue weighted by atomic mass is 35.5. The third-order valence-electron chi connectivity index (χ3n) is 2.01. The molecule has 78 valence electrons. The summed E-state index contributed by atoms with van der Waals surface area (Å²) in [5.41, 5.74) is 0.0760. The molecule has 0 atom stereocenters. The summed E-state index contributed by atoms with van der Waals surface area (Å²) in [6.45, 7) is 1.61. The Balaban J connectivity index is 2.87. The summed E-state index contributed by atoms with van der Waals surface area (Å²) in [5, 5.41) is 0.717. The quantitative estimate of drug-likeness (QED) is 0.746. The van der Waals surface area contributed by atoms with E-state index >= 15 is 0 Å². The van der Waals surface area contributed by atoms with Gasteiger partial charge in [-0.25, -0.2) is 9.78 Å². The van der Waals surface area contributed by atoms with E-state index in [1.807, 2.05) is 0 Å². The van der Waals surface area contributed by atoms with Crippen molar-refractivity contribution in [1.29, 1.82) is 0 Å². The standard InChI is InChI=1S/C10H8ClNO3/c1-5-12-8-4-9(14-2)7(11)3-6(8)10(13)15-5/h3-4H,1-2H3. The molecule has 0 bridgehead atoms. The van der Waals surface area contributed by atoms with E-state index in [-0.39, 0.29) is 0 Å². The third-order valence-corrected chi connectivity index (χ3v) is 2.30. The predicted molar refractivity (Wildman–Crippen MR) is 56.6 cm³/mol. The van der Waals surface area contributed by atoms with Crippen LogP contribution in [0, 0.1) is 6.92 Å². The minimum absolute atomic E-state index is 0.317. The Hall–Kier alpha value is -1.55. The van der Waals surface area contributed by atoms with Crippen molar-refractivity contribution in [2.24, 2.45) is 0 Å². The largest absolute Gasteiger partial charge is 0.495 e. The van der Waals surface area contributed by atoms with Crippen molar-refractivity contribution in [3.8, 4) is 5.75 Å². The number of hydrogen-bond acceptors (Lipinski definition) is 4. The molecule has 4 nitrogen and oxygen atoms in total. The van der Waals surface area contributed by atoms with Crippen LogP contribution >= 0.6 is 11.6 Å². The molecule has 0 aliphatic rings. The zero-order chi connectivity index (χ0) is 11.0. The summed E-state index contributed by atoms with van der Waals surface area (Å²) in [6.07, 6.45) is 0. The Bertz CT molecular complexity index is 577. The van der Waals surface area contributed by atoms with Gasteiger partial charge in [0.25, 0.3) is 0 Å². The molecule has 0 aliphatic heterocycles. The number of nitrogens with zero attached hydrogens (tertiary/aromatic N) is 1. The molecule has 0 aliphatic carbocycles. The fourth-order valence-corrected chi connectivity index (χ4v) is 1.58. The fraction of sp³-hybridized carbons (Fsp3) is 0.200. The summed E-state index contributed by atoms with van der Waals surface area (Å²) < 4.78 is 9.88. The van der Waals surface area contributed by atoms with Crippen LogP contribution < -0.4 is 10.4 Å². The molecule has 0 N–H and O–H groups in total. The lowest BCUT2D eigenvalue weighted by atomic mass is 10.2. The lowest BCUT2D eigenvalue weighted by Gasteiger charge is -2.03. The van der Waals surface area contributed by atoms with Crippen LogP contribution in [0.25, 0.3) is 10.9 Å². The van der Waals surface area contributed by atoms with Gasteiger partial charge < -0.3 is 9.15 Å². The van der Waals surface area contributed by atoms with E-state index in [9.17, 15) is 4.79 Å². The highest BCUT2D eigenvalue weighted by molar-refractivity contribution is 6.32. The van der Waals surface area contributed by atoms with Crippen molar-refractivity contribution >= 4 is 22.5 Å². The number of rotatable bonds is 1. The number of hydrogen-bond donors (Lipinski definition) is 0. The van der Waals surface area contributed by atoms with Gasteiger partial charge in [0.15, 0.2) is 5.89 Å². The second kappa shape index (κ2) is 3.55. The van der Waals surface area contributed by atoms with Crippen LogP contribution in [0.1, 0.15) is 5.89 Å². The molecule has 1 aromatic heterocycles. The monoisotopic (exact) mass is 225 g/mol. The average Bonchev–Trinajstić information content (AvgIpc) is 2.18. The predicted octanol–water partition coefficient (Wildman–Crippen LogP) is 2.16. The summed E-state index contributed by atoms with van der Waals surface area (Å²) in [6, 6.07) is 3.11. The summed E-state index contributed by atoms with van der Waals surface area (Å²) in [7, 11) is 1.51. The summed E-state index contributed by atoms with van der Waals surface area (Å²) in [5.74, 6) is 0.804. The van der Waals surface area contributed by atoms with Gasteiger partial charge in [0.1, 0.15) is 5.75 Å². The molecule has 2 aromatic rings. The molecular weight excluding hydrogens is 218 g/mol. The third kappa shape index (κ3) is 1.68. The van der Waals surface area contributed by atoms with Crippen molar-refractivity contribution in [2.45, 2.75) is 6.92 Å². The molecule has 0 radical (unpaired) electrons. The Morgan fingerprint density at radius 2 is 2.20 bits per heavy atom. The van der Waals surface area contributed by atoms with E-state index in [1.54, 1.807) is 13.0 Å². The van der Waals surface area contributed by atoms with Crippen molar-refractivity contribution in [3.63, 3.8) is 0 Å². The maximum absolute atomic E-state index is 11.4. The van der Waals surface area contributed by atoms with Crippen molar-refractivity contribution in [1.82, 2.24) is 4.98 Å². The first-order valence-corrected chi connectivity index (χ1v) is 4.64. The van der Waals surface area contributed by atoms with Gasteiger partial charge in [-0.05, 0) is 6.07 Å². The SMILES string of the molecule is COc1cc2nc(C)oc(=O)c2cc1Cl. The number of benzene rings is 1. The van der Waals surface area contributed by atoms with Gasteiger partial charge in [-0.3, -0.25) is 0 Å². The smallest absolute Gasteiger partial charge is 0.346 e. The van der Waals surface area contributed by atoms with E-state index in [0.717, 1.165) is 0 Å². The minimum atomic E-state index is -0.443. The zero-order valence-electron chi connectivity index (χ0n) is 8.20. The Morgan fingerprint density at radius 1 is 1.47 bits per heavy atom. The van der Waals surface area contributed by atoms with Crippen molar-refractivity contribution in [2.75, 3.05) is 7.11 Å². The van der Waals surface area contributed by atoms with Crippen molar-refractivity contribution in [3.05, 3.63) is 33.5 Å². The molecule has 1 aromatic carbocycles. The summed E-state index contributed by atoms with van der Waals surface area (Å²) >= 11 is 5.88. The molecule has 1 heterocycles. The number of aromatic nitrogens is 1. The molecule has 0 saturated carbocycles. The number of halogens is 1. The van der Waals surface area contributed by atoms with Gasteiger partial charge in [0.05, 0.1) is 23.0 Å². The number of aryl methyl sites for hydroxylation is 1. The molecule has 0 unspecified atom stereocenters. The van der Waals surface area contributed by atoms with E-state index in [0.29, 0.717) is 27.6 Å². The molecule has 0 saturated heterocycles. The van der Waals surface area contributed by atoms with Gasteiger partial charge >= 0.3 is 5.63 Å². The highest BCUT2D eigenvalue weighted by Gasteiger charge is 2.08. The first kappa shape index (κ1) is 9.98. The molecule has 2 rings (SSSR count). The second-order valence-electron chi connectivity index (χ2n) is 3.02.